The van der Waals surface area contributed by atoms with E-state index < -0.39 is 11.7 Å². The first-order chi connectivity index (χ1) is 10.2. The molecule has 21 heavy (non-hydrogen) atoms. The average molecular weight is 284 g/mol. The number of nitrogens with two attached hydrogens (primary N) is 1. The van der Waals surface area contributed by atoms with Gasteiger partial charge in [-0.3, -0.25) is 4.79 Å². The van der Waals surface area contributed by atoms with Crippen LogP contribution in [0.25, 0.3) is 0 Å². The molecule has 2 rings (SSSR count). The predicted octanol–water partition coefficient (Wildman–Crippen LogP) is 0.856. The Morgan fingerprint density at radius 3 is 2.95 bits per heavy atom. The SMILES string of the molecule is NCC#Cc1ccc(F)cc1C(=O)NCc1ccncn1. The number of carbonyl (C=O) groups excluding carboxylic acids is 1. The number of hydrogen-bond acceptors (Lipinski definition) is 4. The molecule has 1 heterocycles. The number of carbonyl (C=O) groups is 1. The summed E-state index contributed by atoms with van der Waals surface area (Å²) in [5.41, 5.74) is 6.57. The van der Waals surface area contributed by atoms with Crippen molar-refractivity contribution in [2.45, 2.75) is 6.54 Å². The lowest BCUT2D eigenvalue weighted by atomic mass is 10.1. The summed E-state index contributed by atoms with van der Waals surface area (Å²) in [6.45, 7) is 0.390. The van der Waals surface area contributed by atoms with Crippen LogP contribution in [0.4, 0.5) is 4.39 Å². The number of hydrogen-bond donors (Lipinski definition) is 2. The van der Waals surface area contributed by atoms with E-state index in [9.17, 15) is 9.18 Å². The molecular weight excluding hydrogens is 271 g/mol. The fourth-order valence-corrected chi connectivity index (χ4v) is 1.65. The first kappa shape index (κ1) is 14.6. The molecule has 0 saturated heterocycles. The molecule has 1 amide bonds. The van der Waals surface area contributed by atoms with Crippen LogP contribution in [0.15, 0.2) is 36.8 Å². The van der Waals surface area contributed by atoms with E-state index in [1.807, 2.05) is 0 Å². The van der Waals surface area contributed by atoms with Crippen molar-refractivity contribution < 1.29 is 9.18 Å². The fourth-order valence-electron chi connectivity index (χ4n) is 1.65. The number of benzene rings is 1. The molecular formula is C15H13FN4O. The molecule has 1 aromatic heterocycles. The first-order valence-electron chi connectivity index (χ1n) is 6.22. The van der Waals surface area contributed by atoms with E-state index in [2.05, 4.69) is 27.1 Å². The predicted molar refractivity (Wildman–Crippen MR) is 75.5 cm³/mol. The number of halogens is 1. The largest absolute Gasteiger partial charge is 0.346 e. The lowest BCUT2D eigenvalue weighted by Crippen LogP contribution is -2.24. The molecule has 0 saturated carbocycles. The second-order valence-corrected chi connectivity index (χ2v) is 4.08. The second-order valence-electron chi connectivity index (χ2n) is 4.08. The van der Waals surface area contributed by atoms with E-state index in [1.54, 1.807) is 12.3 Å². The number of nitrogens with one attached hydrogen (secondary N) is 1. The van der Waals surface area contributed by atoms with Crippen molar-refractivity contribution in [2.75, 3.05) is 6.54 Å². The number of amides is 1. The summed E-state index contributed by atoms with van der Waals surface area (Å²) in [4.78, 5) is 19.9. The molecule has 0 fully saturated rings. The minimum atomic E-state index is -0.500. The molecule has 0 aliphatic carbocycles. The molecule has 0 spiro atoms. The zero-order valence-corrected chi connectivity index (χ0v) is 11.1. The summed E-state index contributed by atoms with van der Waals surface area (Å²) in [7, 11) is 0. The summed E-state index contributed by atoms with van der Waals surface area (Å²) < 4.78 is 13.3. The summed E-state index contributed by atoms with van der Waals surface area (Å²) in [5, 5.41) is 2.66. The molecule has 0 aliphatic rings. The highest BCUT2D eigenvalue weighted by Crippen LogP contribution is 2.10. The number of aromatic nitrogens is 2. The molecule has 5 nitrogen and oxygen atoms in total. The van der Waals surface area contributed by atoms with Gasteiger partial charge in [0.25, 0.3) is 5.91 Å². The Balaban J connectivity index is 2.16. The Bertz CT molecular complexity index is 692. The maximum atomic E-state index is 13.3. The lowest BCUT2D eigenvalue weighted by Gasteiger charge is -2.07. The van der Waals surface area contributed by atoms with Gasteiger partial charge in [-0.2, -0.15) is 0 Å². The van der Waals surface area contributed by atoms with Gasteiger partial charge in [0.05, 0.1) is 24.3 Å². The van der Waals surface area contributed by atoms with Crippen LogP contribution in [0, 0.1) is 17.7 Å². The maximum absolute atomic E-state index is 13.3. The zero-order chi connectivity index (χ0) is 15.1. The van der Waals surface area contributed by atoms with Gasteiger partial charge < -0.3 is 11.1 Å². The van der Waals surface area contributed by atoms with Gasteiger partial charge >= 0.3 is 0 Å². The topological polar surface area (TPSA) is 80.9 Å². The van der Waals surface area contributed by atoms with Gasteiger partial charge in [0.2, 0.25) is 0 Å². The fraction of sp³-hybridized carbons (Fsp3) is 0.133. The van der Waals surface area contributed by atoms with Gasteiger partial charge in [0, 0.05) is 11.8 Å². The van der Waals surface area contributed by atoms with Crippen LogP contribution in [0.3, 0.4) is 0 Å². The second kappa shape index (κ2) is 7.12. The summed E-state index contributed by atoms with van der Waals surface area (Å²) in [6.07, 6.45) is 2.97. The molecule has 6 heteroatoms. The summed E-state index contributed by atoms with van der Waals surface area (Å²) >= 11 is 0. The van der Waals surface area contributed by atoms with E-state index in [0.29, 0.717) is 11.3 Å². The highest BCUT2D eigenvalue weighted by atomic mass is 19.1. The van der Waals surface area contributed by atoms with Gasteiger partial charge in [-0.1, -0.05) is 11.8 Å². The van der Waals surface area contributed by atoms with E-state index in [4.69, 9.17) is 5.73 Å². The van der Waals surface area contributed by atoms with Gasteiger partial charge in [0.1, 0.15) is 12.1 Å². The summed E-state index contributed by atoms with van der Waals surface area (Å²) in [6, 6.07) is 5.54. The Hall–Kier alpha value is -2.78. The van der Waals surface area contributed by atoms with Crippen LogP contribution in [-0.2, 0) is 6.54 Å². The van der Waals surface area contributed by atoms with Crippen LogP contribution in [0.5, 0.6) is 0 Å². The highest BCUT2D eigenvalue weighted by molar-refractivity contribution is 5.96. The Kier molecular flexibility index (Phi) is 4.96. The van der Waals surface area contributed by atoms with E-state index in [1.165, 1.54) is 18.5 Å². The van der Waals surface area contributed by atoms with Crippen molar-refractivity contribution in [3.8, 4) is 11.8 Å². The molecule has 1 aromatic carbocycles. The molecule has 2 aromatic rings. The van der Waals surface area contributed by atoms with Crippen molar-refractivity contribution in [1.29, 1.82) is 0 Å². The molecule has 106 valence electrons. The van der Waals surface area contributed by atoms with Gasteiger partial charge in [0.15, 0.2) is 0 Å². The number of rotatable bonds is 3. The van der Waals surface area contributed by atoms with Crippen LogP contribution in [0.1, 0.15) is 21.6 Å². The molecule has 0 atom stereocenters. The molecule has 3 N–H and O–H groups in total. The smallest absolute Gasteiger partial charge is 0.252 e. The maximum Gasteiger partial charge on any atom is 0.252 e. The minimum absolute atomic E-state index is 0.166. The summed E-state index contributed by atoms with van der Waals surface area (Å²) in [5.74, 6) is 4.48. The molecule has 0 bridgehead atoms. The first-order valence-corrected chi connectivity index (χ1v) is 6.22. The quantitative estimate of drug-likeness (QED) is 0.819. The van der Waals surface area contributed by atoms with Crippen LogP contribution >= 0.6 is 0 Å². The van der Waals surface area contributed by atoms with Crippen molar-refractivity contribution in [3.63, 3.8) is 0 Å². The molecule has 0 unspecified atom stereocenters. The van der Waals surface area contributed by atoms with Crippen LogP contribution in [0.2, 0.25) is 0 Å². The molecule has 0 radical (unpaired) electrons. The van der Waals surface area contributed by atoms with Gasteiger partial charge in [-0.05, 0) is 24.3 Å². The number of nitrogens with zero attached hydrogens (tertiary/aromatic N) is 2. The zero-order valence-electron chi connectivity index (χ0n) is 11.1. The van der Waals surface area contributed by atoms with Crippen molar-refractivity contribution in [2.24, 2.45) is 5.73 Å². The standard InChI is InChI=1S/C15H13FN4O/c16-12-4-3-11(2-1-6-17)14(8-12)15(21)19-9-13-5-7-18-10-20-13/h3-5,7-8,10H,6,9,17H2,(H,19,21). The third-order valence-corrected chi connectivity index (χ3v) is 2.62. The highest BCUT2D eigenvalue weighted by Gasteiger charge is 2.11. The Morgan fingerprint density at radius 2 is 2.24 bits per heavy atom. The monoisotopic (exact) mass is 284 g/mol. The van der Waals surface area contributed by atoms with Gasteiger partial charge in [-0.15, -0.1) is 0 Å². The van der Waals surface area contributed by atoms with Crippen molar-refractivity contribution in [3.05, 3.63) is 59.4 Å². The van der Waals surface area contributed by atoms with Crippen LogP contribution in [-0.4, -0.2) is 22.4 Å². The third-order valence-electron chi connectivity index (χ3n) is 2.62. The lowest BCUT2D eigenvalue weighted by molar-refractivity contribution is 0.0949. The van der Waals surface area contributed by atoms with Gasteiger partial charge in [-0.25, -0.2) is 14.4 Å². The van der Waals surface area contributed by atoms with Crippen molar-refractivity contribution >= 4 is 5.91 Å². The third kappa shape index (κ3) is 4.09. The van der Waals surface area contributed by atoms with E-state index in [-0.39, 0.29) is 18.7 Å². The average Bonchev–Trinajstić information content (AvgIpc) is 2.52. The normalized spacial score (nSPS) is 9.62. The van der Waals surface area contributed by atoms with E-state index >= 15 is 0 Å². The minimum Gasteiger partial charge on any atom is -0.346 e. The molecule has 0 aliphatic heterocycles. The van der Waals surface area contributed by atoms with Crippen molar-refractivity contribution in [1.82, 2.24) is 15.3 Å². The Morgan fingerprint density at radius 1 is 1.38 bits per heavy atom. The van der Waals surface area contributed by atoms with E-state index in [0.717, 1.165) is 6.07 Å². The van der Waals surface area contributed by atoms with Crippen LogP contribution < -0.4 is 11.1 Å². The Labute approximate surface area is 121 Å².